The van der Waals surface area contributed by atoms with Crippen LogP contribution in [-0.2, 0) is 37.4 Å². The number of nitrogen functional groups attached to an aromatic ring is 1. The third kappa shape index (κ3) is 10.9. The number of amidine groups is 1. The van der Waals surface area contributed by atoms with Crippen molar-refractivity contribution in [2.24, 2.45) is 11.5 Å². The Morgan fingerprint density at radius 2 is 1.78 bits per heavy atom. The number of sulfonamides is 1. The third-order valence-corrected chi connectivity index (χ3v) is 8.45. The van der Waals surface area contributed by atoms with Crippen molar-refractivity contribution in [3.63, 3.8) is 0 Å². The lowest BCUT2D eigenvalue weighted by Crippen LogP contribution is -2.54. The molecular formula is C30H41N7O7S. The van der Waals surface area contributed by atoms with E-state index in [0.29, 0.717) is 41.9 Å². The number of nitrogens with two attached hydrogens (primary N) is 2. The molecule has 1 aromatic heterocycles. The zero-order chi connectivity index (χ0) is 33.0. The second-order valence-electron chi connectivity index (χ2n) is 10.5. The molecule has 0 saturated heterocycles. The smallest absolute Gasteiger partial charge is 0.242 e. The fourth-order valence-corrected chi connectivity index (χ4v) is 5.26. The Hall–Kier alpha value is -4.47. The number of carbonyl (C=O) groups excluding carboxylic acids is 3. The predicted octanol–water partition coefficient (Wildman–Crippen LogP) is 0.520. The second kappa shape index (κ2) is 16.6. The van der Waals surface area contributed by atoms with E-state index in [1.54, 1.807) is 42.6 Å². The summed E-state index contributed by atoms with van der Waals surface area (Å²) in [5, 5.41) is 22.5. The molecule has 0 aliphatic rings. The van der Waals surface area contributed by atoms with E-state index in [0.717, 1.165) is 10.9 Å². The molecule has 0 aliphatic carbocycles. The average Bonchev–Trinajstić information content (AvgIpc) is 3.41. The number of aromatic amines is 1. The van der Waals surface area contributed by atoms with Crippen LogP contribution in [0.1, 0.15) is 49.3 Å². The van der Waals surface area contributed by atoms with Gasteiger partial charge in [0.25, 0.3) is 0 Å². The van der Waals surface area contributed by atoms with Gasteiger partial charge in [-0.1, -0.05) is 24.3 Å². The van der Waals surface area contributed by atoms with Crippen molar-refractivity contribution in [1.29, 1.82) is 5.41 Å². The molecule has 14 nitrogen and oxygen atoms in total. The maximum atomic E-state index is 13.6. The Morgan fingerprint density at radius 1 is 1.04 bits per heavy atom. The van der Waals surface area contributed by atoms with Gasteiger partial charge in [0.05, 0.1) is 12.4 Å². The van der Waals surface area contributed by atoms with Gasteiger partial charge in [-0.2, -0.15) is 0 Å². The van der Waals surface area contributed by atoms with Crippen LogP contribution in [0.5, 0.6) is 5.75 Å². The molecule has 244 valence electrons. The highest BCUT2D eigenvalue weighted by Crippen LogP contribution is 2.25. The number of carbonyl (C=O) groups is 3. The van der Waals surface area contributed by atoms with E-state index in [4.69, 9.17) is 26.7 Å². The molecule has 0 fully saturated rings. The fraction of sp³-hybridized carbons (Fsp3) is 0.400. The van der Waals surface area contributed by atoms with Gasteiger partial charge in [-0.15, -0.1) is 0 Å². The minimum Gasteiger partial charge on any atom is -0.494 e. The molecule has 0 radical (unpaired) electrons. The number of nitrogens with one attached hydrogen (secondary N) is 5. The molecule has 3 amide bonds. The van der Waals surface area contributed by atoms with E-state index in [9.17, 15) is 22.8 Å². The number of benzene rings is 2. The maximum absolute atomic E-state index is 13.6. The molecule has 10 N–H and O–H groups in total. The van der Waals surface area contributed by atoms with Crippen LogP contribution < -0.4 is 31.6 Å². The highest BCUT2D eigenvalue weighted by atomic mass is 32.2. The van der Waals surface area contributed by atoms with Gasteiger partial charge in [-0.05, 0) is 61.9 Å². The molecule has 1 heterocycles. The number of aromatic nitrogens is 1. The lowest BCUT2D eigenvalue weighted by Gasteiger charge is -2.23. The van der Waals surface area contributed by atoms with E-state index < -0.39 is 39.8 Å². The molecule has 2 unspecified atom stereocenters. The summed E-state index contributed by atoms with van der Waals surface area (Å²) in [7, 11) is -3.85. The monoisotopic (exact) mass is 643 g/mol. The van der Waals surface area contributed by atoms with Crippen LogP contribution in [-0.4, -0.2) is 73.1 Å². The summed E-state index contributed by atoms with van der Waals surface area (Å²) in [5.41, 5.74) is 13.4. The number of hydrogen-bond acceptors (Lipinski definition) is 8. The molecule has 45 heavy (non-hydrogen) atoms. The highest BCUT2D eigenvalue weighted by Gasteiger charge is 2.29. The van der Waals surface area contributed by atoms with Gasteiger partial charge in [-0.25, -0.2) is 13.1 Å². The molecule has 3 rings (SSSR count). The van der Waals surface area contributed by atoms with Gasteiger partial charge in [-0.3, -0.25) is 19.8 Å². The van der Waals surface area contributed by atoms with Gasteiger partial charge >= 0.3 is 0 Å². The first kappa shape index (κ1) is 35.0. The normalized spacial score (nSPS) is 12.8. The van der Waals surface area contributed by atoms with Crippen LogP contribution in [0, 0.1) is 5.41 Å². The van der Waals surface area contributed by atoms with Crippen molar-refractivity contribution in [3.8, 4) is 5.75 Å². The van der Waals surface area contributed by atoms with Crippen molar-refractivity contribution in [2.75, 3.05) is 19.0 Å². The van der Waals surface area contributed by atoms with Crippen molar-refractivity contribution in [3.05, 3.63) is 65.4 Å². The van der Waals surface area contributed by atoms with Crippen LogP contribution in [0.15, 0.2) is 48.7 Å². The van der Waals surface area contributed by atoms with Crippen molar-refractivity contribution in [2.45, 2.75) is 57.7 Å². The standard InChI is InChI=1S/C30H41N7O7S/c1-2-45(42,43)37-26(15-21-18-34-24-10-9-22(16-23(21)24)44-14-4-3-13-38)30(41)36-25(11-12-27(31)39)29(40)35-17-19-5-7-20(8-6-19)28(32)33/h5-10,16,18,25-26,34,37-38H,2-4,11-15,17H2,1H3,(H2,31,39)(H3,32,33)(H,35,40)(H,36,41). The zero-order valence-electron chi connectivity index (χ0n) is 25.1. The van der Waals surface area contributed by atoms with Gasteiger partial charge < -0.3 is 36.9 Å². The maximum Gasteiger partial charge on any atom is 0.242 e. The Morgan fingerprint density at radius 3 is 2.42 bits per heavy atom. The lowest BCUT2D eigenvalue weighted by atomic mass is 10.0. The molecule has 0 spiro atoms. The van der Waals surface area contributed by atoms with E-state index >= 15 is 0 Å². The van der Waals surface area contributed by atoms with Crippen LogP contribution in [0.3, 0.4) is 0 Å². The second-order valence-corrected chi connectivity index (χ2v) is 12.5. The van der Waals surface area contributed by atoms with Crippen molar-refractivity contribution < 1.29 is 32.6 Å². The third-order valence-electron chi connectivity index (χ3n) is 7.05. The molecule has 0 saturated carbocycles. The molecule has 2 aromatic carbocycles. The summed E-state index contributed by atoms with van der Waals surface area (Å²) in [6.45, 7) is 2.01. The highest BCUT2D eigenvalue weighted by molar-refractivity contribution is 7.89. The number of ether oxygens (including phenoxy) is 1. The molecule has 0 aliphatic heterocycles. The Bertz CT molecular complexity index is 1590. The summed E-state index contributed by atoms with van der Waals surface area (Å²) >= 11 is 0. The molecule has 2 atom stereocenters. The minimum atomic E-state index is -3.85. The Labute approximate surface area is 261 Å². The quantitative estimate of drug-likeness (QED) is 0.0519. The number of hydrogen-bond donors (Lipinski definition) is 8. The first-order valence-electron chi connectivity index (χ1n) is 14.6. The van der Waals surface area contributed by atoms with E-state index in [-0.39, 0.29) is 44.0 Å². The topological polar surface area (TPSA) is 243 Å². The number of aliphatic hydroxyl groups is 1. The first-order valence-corrected chi connectivity index (χ1v) is 16.2. The van der Waals surface area contributed by atoms with Gasteiger partial charge in [0, 0.05) is 42.2 Å². The number of aliphatic hydroxyl groups excluding tert-OH is 1. The Kier molecular flexibility index (Phi) is 12.9. The van der Waals surface area contributed by atoms with E-state index in [1.165, 1.54) is 6.92 Å². The summed E-state index contributed by atoms with van der Waals surface area (Å²) < 4.78 is 33.4. The van der Waals surface area contributed by atoms with Gasteiger partial charge in [0.1, 0.15) is 23.7 Å². The summed E-state index contributed by atoms with van der Waals surface area (Å²) in [5.74, 6) is -1.80. The number of fused-ring (bicyclic) bond motifs is 1. The SMILES string of the molecule is CCS(=O)(=O)NC(Cc1c[nH]c2ccc(OCCCCO)cc12)C(=O)NC(CCC(N)=O)C(=O)NCc1ccc(C(=N)N)cc1. The zero-order valence-corrected chi connectivity index (χ0v) is 25.9. The number of unbranched alkanes of at least 4 members (excludes halogenated alkanes) is 1. The number of H-pyrrole nitrogens is 1. The van der Waals surface area contributed by atoms with Crippen LogP contribution >= 0.6 is 0 Å². The molecule has 3 aromatic rings. The molecular weight excluding hydrogens is 602 g/mol. The van der Waals surface area contributed by atoms with E-state index in [2.05, 4.69) is 20.3 Å². The summed E-state index contributed by atoms with van der Waals surface area (Å²) in [6, 6.07) is 9.56. The Balaban J connectivity index is 1.79. The van der Waals surface area contributed by atoms with E-state index in [1.807, 2.05) is 6.07 Å². The minimum absolute atomic E-state index is 0.0499. The summed E-state index contributed by atoms with van der Waals surface area (Å²) in [4.78, 5) is 41.4. The lowest BCUT2D eigenvalue weighted by molar-refractivity contribution is -0.130. The van der Waals surface area contributed by atoms with Gasteiger partial charge in [0.15, 0.2) is 0 Å². The fourth-order valence-electron chi connectivity index (χ4n) is 4.47. The number of amides is 3. The summed E-state index contributed by atoms with van der Waals surface area (Å²) in [6.07, 6.45) is 2.61. The van der Waals surface area contributed by atoms with Crippen molar-refractivity contribution >= 4 is 44.5 Å². The average molecular weight is 644 g/mol. The van der Waals surface area contributed by atoms with Crippen LogP contribution in [0.2, 0.25) is 0 Å². The molecule has 15 heteroatoms. The first-order chi connectivity index (χ1) is 21.4. The largest absolute Gasteiger partial charge is 0.494 e. The number of rotatable bonds is 19. The predicted molar refractivity (Wildman–Crippen MR) is 170 cm³/mol. The van der Waals surface area contributed by atoms with Gasteiger partial charge in [0.2, 0.25) is 27.7 Å². The van der Waals surface area contributed by atoms with Crippen LogP contribution in [0.4, 0.5) is 0 Å². The van der Waals surface area contributed by atoms with Crippen LogP contribution in [0.25, 0.3) is 10.9 Å². The number of primary amides is 1. The molecule has 0 bridgehead atoms. The van der Waals surface area contributed by atoms with Crippen molar-refractivity contribution in [1.82, 2.24) is 20.3 Å².